The Hall–Kier alpha value is -1.27. The summed E-state index contributed by atoms with van der Waals surface area (Å²) in [6.45, 7) is -0.259. The molecular weight excluding hydrogens is 215 g/mol. The smallest absolute Gasteiger partial charge is 0.394 e. The summed E-state index contributed by atoms with van der Waals surface area (Å²) in [7, 11) is 0. The van der Waals surface area contributed by atoms with Crippen molar-refractivity contribution in [1.29, 1.82) is 0 Å². The number of hydrogen-bond donors (Lipinski definition) is 2. The van der Waals surface area contributed by atoms with Gasteiger partial charge in [-0.2, -0.15) is 13.2 Å². The normalized spacial score (nSPS) is 18.3. The predicted octanol–water partition coefficient (Wildman–Crippen LogP) is 0.920. The van der Waals surface area contributed by atoms with Gasteiger partial charge in [-0.3, -0.25) is 4.79 Å². The van der Waals surface area contributed by atoms with E-state index in [-0.39, 0.29) is 25.8 Å². The summed E-state index contributed by atoms with van der Waals surface area (Å²) in [6.07, 6.45) is -4.41. The molecule has 1 aliphatic rings. The first-order chi connectivity index (χ1) is 6.78. The van der Waals surface area contributed by atoms with Crippen LogP contribution in [0.3, 0.4) is 0 Å². The van der Waals surface area contributed by atoms with E-state index in [1.54, 1.807) is 0 Å². The zero-order valence-electron chi connectivity index (χ0n) is 7.73. The Morgan fingerprint density at radius 1 is 1.33 bits per heavy atom. The van der Waals surface area contributed by atoms with Crippen LogP contribution in [0.5, 0.6) is 0 Å². The molecule has 0 aliphatic heterocycles. The largest absolute Gasteiger partial charge is 0.474 e. The number of aliphatic carboxylic acids is 1. The number of carboxylic acids is 1. The molecule has 0 aromatic rings. The van der Waals surface area contributed by atoms with Crippen LogP contribution in [-0.4, -0.2) is 29.7 Å². The molecule has 0 atom stereocenters. The number of rotatable bonds is 3. The molecule has 1 rings (SSSR count). The van der Waals surface area contributed by atoms with Gasteiger partial charge in [-0.15, -0.1) is 0 Å². The van der Waals surface area contributed by atoms with E-state index >= 15 is 0 Å². The molecule has 1 fully saturated rings. The molecular formula is C8H10F3NO3. The molecule has 15 heavy (non-hydrogen) atoms. The standard InChI is InChI=1S/C8H10F3NO3/c9-8(10,11)7(1-2-7)3-4-12-5(13)6(14)15/h1-4H2,(H,12,13)(H,14,15). The molecule has 0 spiro atoms. The first-order valence-corrected chi connectivity index (χ1v) is 4.36. The van der Waals surface area contributed by atoms with Crippen LogP contribution in [0.25, 0.3) is 0 Å². The number of hydrogen-bond acceptors (Lipinski definition) is 2. The Morgan fingerprint density at radius 3 is 2.20 bits per heavy atom. The van der Waals surface area contributed by atoms with Gasteiger partial charge < -0.3 is 10.4 Å². The number of carboxylic acid groups (broad SMARTS) is 1. The summed E-state index contributed by atoms with van der Waals surface area (Å²) in [5, 5.41) is 10.1. The Kier molecular flexibility index (Phi) is 2.92. The van der Waals surface area contributed by atoms with Crippen molar-refractivity contribution in [3.05, 3.63) is 0 Å². The number of amides is 1. The third kappa shape index (κ3) is 2.60. The average Bonchev–Trinajstić information content (AvgIpc) is 2.83. The zero-order chi connectivity index (χ0) is 11.7. The molecule has 0 heterocycles. The van der Waals surface area contributed by atoms with Crippen molar-refractivity contribution in [1.82, 2.24) is 5.32 Å². The number of carbonyl (C=O) groups is 2. The third-order valence-corrected chi connectivity index (χ3v) is 2.54. The van der Waals surface area contributed by atoms with E-state index in [2.05, 4.69) is 0 Å². The van der Waals surface area contributed by atoms with Crippen LogP contribution in [0.15, 0.2) is 0 Å². The lowest BCUT2D eigenvalue weighted by Crippen LogP contribution is -2.35. The molecule has 0 aromatic carbocycles. The van der Waals surface area contributed by atoms with Crippen molar-refractivity contribution < 1.29 is 27.9 Å². The van der Waals surface area contributed by atoms with Crippen molar-refractivity contribution in [2.24, 2.45) is 5.41 Å². The Balaban J connectivity index is 2.33. The Bertz CT molecular complexity index is 283. The second-order valence-electron chi connectivity index (χ2n) is 3.59. The topological polar surface area (TPSA) is 66.4 Å². The van der Waals surface area contributed by atoms with Crippen LogP contribution in [0.1, 0.15) is 19.3 Å². The van der Waals surface area contributed by atoms with Crippen molar-refractivity contribution in [3.8, 4) is 0 Å². The molecule has 2 N–H and O–H groups in total. The molecule has 0 aromatic heterocycles. The SMILES string of the molecule is O=C(O)C(=O)NCCC1(C(F)(F)F)CC1. The minimum atomic E-state index is -4.26. The van der Waals surface area contributed by atoms with Gasteiger partial charge in [-0.05, 0) is 19.3 Å². The summed E-state index contributed by atoms with van der Waals surface area (Å²) in [5.41, 5.74) is -1.70. The van der Waals surface area contributed by atoms with E-state index in [0.717, 1.165) is 0 Å². The molecule has 0 bridgehead atoms. The fourth-order valence-corrected chi connectivity index (χ4v) is 1.32. The molecule has 1 amide bonds. The second-order valence-corrected chi connectivity index (χ2v) is 3.59. The summed E-state index contributed by atoms with van der Waals surface area (Å²) in [5.74, 6) is -2.96. The van der Waals surface area contributed by atoms with Crippen LogP contribution in [-0.2, 0) is 9.59 Å². The first kappa shape index (κ1) is 11.8. The monoisotopic (exact) mass is 225 g/mol. The maximum absolute atomic E-state index is 12.3. The Labute approximate surface area is 83.5 Å². The maximum atomic E-state index is 12.3. The van der Waals surface area contributed by atoms with E-state index in [1.165, 1.54) is 0 Å². The van der Waals surface area contributed by atoms with Gasteiger partial charge in [0.15, 0.2) is 0 Å². The number of halogens is 3. The summed E-state index contributed by atoms with van der Waals surface area (Å²) < 4.78 is 37.0. The fourth-order valence-electron chi connectivity index (χ4n) is 1.32. The molecule has 86 valence electrons. The summed E-state index contributed by atoms with van der Waals surface area (Å²) in [4.78, 5) is 20.5. The quantitative estimate of drug-likeness (QED) is 0.702. The van der Waals surface area contributed by atoms with E-state index in [0.29, 0.717) is 0 Å². The van der Waals surface area contributed by atoms with E-state index in [9.17, 15) is 22.8 Å². The van der Waals surface area contributed by atoms with Crippen molar-refractivity contribution in [3.63, 3.8) is 0 Å². The average molecular weight is 225 g/mol. The fraction of sp³-hybridized carbons (Fsp3) is 0.750. The van der Waals surface area contributed by atoms with E-state index in [1.807, 2.05) is 5.32 Å². The highest BCUT2D eigenvalue weighted by Gasteiger charge is 2.62. The van der Waals surface area contributed by atoms with Gasteiger partial charge in [0.1, 0.15) is 0 Å². The van der Waals surface area contributed by atoms with Gasteiger partial charge in [-0.25, -0.2) is 4.79 Å². The van der Waals surface area contributed by atoms with Gasteiger partial charge in [0.25, 0.3) is 0 Å². The third-order valence-electron chi connectivity index (χ3n) is 2.54. The van der Waals surface area contributed by atoms with Crippen LogP contribution in [0, 0.1) is 5.41 Å². The van der Waals surface area contributed by atoms with Crippen molar-refractivity contribution in [2.45, 2.75) is 25.4 Å². The molecule has 7 heteroatoms. The van der Waals surface area contributed by atoms with E-state index in [4.69, 9.17) is 5.11 Å². The van der Waals surface area contributed by atoms with Crippen LogP contribution in [0.4, 0.5) is 13.2 Å². The predicted molar refractivity (Wildman–Crippen MR) is 43.0 cm³/mol. The minimum Gasteiger partial charge on any atom is -0.474 e. The molecule has 1 aliphatic carbocycles. The lowest BCUT2D eigenvalue weighted by molar-refractivity contribution is -0.188. The number of carbonyl (C=O) groups excluding carboxylic acids is 1. The zero-order valence-corrected chi connectivity index (χ0v) is 7.73. The maximum Gasteiger partial charge on any atom is 0.394 e. The van der Waals surface area contributed by atoms with E-state index < -0.39 is 23.5 Å². The Morgan fingerprint density at radius 2 is 1.87 bits per heavy atom. The van der Waals surface area contributed by atoms with Gasteiger partial charge in [0.2, 0.25) is 0 Å². The van der Waals surface area contributed by atoms with Crippen LogP contribution in [0.2, 0.25) is 0 Å². The summed E-state index contributed by atoms with van der Waals surface area (Å²) >= 11 is 0. The molecule has 0 saturated heterocycles. The van der Waals surface area contributed by atoms with Gasteiger partial charge in [0, 0.05) is 6.54 Å². The lowest BCUT2D eigenvalue weighted by Gasteiger charge is -2.18. The highest BCUT2D eigenvalue weighted by atomic mass is 19.4. The molecule has 4 nitrogen and oxygen atoms in total. The molecule has 0 unspecified atom stereocenters. The first-order valence-electron chi connectivity index (χ1n) is 4.36. The summed E-state index contributed by atoms with van der Waals surface area (Å²) in [6, 6.07) is 0. The number of nitrogens with one attached hydrogen (secondary N) is 1. The van der Waals surface area contributed by atoms with Gasteiger partial charge >= 0.3 is 18.1 Å². The molecule has 0 radical (unpaired) electrons. The van der Waals surface area contributed by atoms with Crippen LogP contribution >= 0.6 is 0 Å². The van der Waals surface area contributed by atoms with Crippen molar-refractivity contribution in [2.75, 3.05) is 6.54 Å². The van der Waals surface area contributed by atoms with Crippen LogP contribution < -0.4 is 5.32 Å². The van der Waals surface area contributed by atoms with Gasteiger partial charge in [-0.1, -0.05) is 0 Å². The lowest BCUT2D eigenvalue weighted by atomic mass is 10.0. The molecule has 1 saturated carbocycles. The second kappa shape index (κ2) is 3.71. The number of alkyl halides is 3. The minimum absolute atomic E-state index is 0.0550. The highest BCUT2D eigenvalue weighted by Crippen LogP contribution is 2.59. The van der Waals surface area contributed by atoms with Gasteiger partial charge in [0.05, 0.1) is 5.41 Å². The van der Waals surface area contributed by atoms with Crippen molar-refractivity contribution >= 4 is 11.9 Å². The highest BCUT2D eigenvalue weighted by molar-refractivity contribution is 6.31.